The summed E-state index contributed by atoms with van der Waals surface area (Å²) in [4.78, 5) is 2.22. The topological polar surface area (TPSA) is 76.3 Å². The predicted octanol–water partition coefficient (Wildman–Crippen LogP) is 0.756. The number of benzene rings is 1. The molecule has 0 bridgehead atoms. The van der Waals surface area contributed by atoms with Crippen LogP contribution >= 0.6 is 11.8 Å². The molecule has 0 unspecified atom stereocenters. The van der Waals surface area contributed by atoms with Crippen LogP contribution in [0.5, 0.6) is 0 Å². The fourth-order valence-electron chi connectivity index (χ4n) is 2.42. The smallest absolute Gasteiger partial charge is 0.214 e. The second-order valence-corrected chi connectivity index (χ2v) is 6.57. The van der Waals surface area contributed by atoms with Gasteiger partial charge in [0.15, 0.2) is 0 Å². The van der Waals surface area contributed by atoms with Crippen molar-refractivity contribution in [3.8, 4) is 5.69 Å². The number of aliphatic hydroxyl groups excluding tert-OH is 1. The summed E-state index contributed by atoms with van der Waals surface area (Å²) in [5.74, 6) is 0.559. The van der Waals surface area contributed by atoms with Crippen LogP contribution in [0.15, 0.2) is 29.4 Å². The number of rotatable bonds is 6. The number of tetrazole rings is 1. The molecule has 124 valence electrons. The van der Waals surface area contributed by atoms with E-state index >= 15 is 0 Å². The molecule has 23 heavy (non-hydrogen) atoms. The fourth-order valence-corrected chi connectivity index (χ4v) is 3.23. The SMILES string of the molecule is Cc1ccc(-n2nnnc2SC[C@H](O)CN2CCOCC2)cc1. The van der Waals surface area contributed by atoms with Crippen molar-refractivity contribution in [2.24, 2.45) is 0 Å². The molecule has 1 atom stereocenters. The first-order valence-corrected chi connectivity index (χ1v) is 8.67. The number of hydrogen-bond acceptors (Lipinski definition) is 7. The second kappa shape index (κ2) is 7.87. The van der Waals surface area contributed by atoms with Crippen molar-refractivity contribution in [3.05, 3.63) is 29.8 Å². The summed E-state index contributed by atoms with van der Waals surface area (Å²) >= 11 is 1.47. The molecule has 1 fully saturated rings. The van der Waals surface area contributed by atoms with Crippen LogP contribution in [0.3, 0.4) is 0 Å². The summed E-state index contributed by atoms with van der Waals surface area (Å²) in [5.41, 5.74) is 2.11. The number of aliphatic hydroxyl groups is 1. The molecule has 1 aromatic carbocycles. The van der Waals surface area contributed by atoms with Crippen LogP contribution in [0.4, 0.5) is 0 Å². The number of nitrogens with zero attached hydrogens (tertiary/aromatic N) is 5. The molecule has 0 amide bonds. The molecule has 2 heterocycles. The molecule has 3 rings (SSSR count). The van der Waals surface area contributed by atoms with Gasteiger partial charge in [-0.25, -0.2) is 0 Å². The monoisotopic (exact) mass is 335 g/mol. The van der Waals surface area contributed by atoms with E-state index in [9.17, 15) is 5.11 Å². The van der Waals surface area contributed by atoms with Gasteiger partial charge in [-0.15, -0.1) is 5.10 Å². The number of β-amino-alcohol motifs (C(OH)–C–C–N with tert-alkyl or cyclic N) is 1. The normalized spacial score (nSPS) is 17.3. The molecule has 8 heteroatoms. The van der Waals surface area contributed by atoms with Gasteiger partial charge in [-0.05, 0) is 29.5 Å². The van der Waals surface area contributed by atoms with E-state index in [0.29, 0.717) is 17.5 Å². The minimum Gasteiger partial charge on any atom is -0.391 e. The summed E-state index contributed by atoms with van der Waals surface area (Å²) in [6.07, 6.45) is -0.415. The molecule has 1 aliphatic heterocycles. The zero-order chi connectivity index (χ0) is 16.1. The molecule has 7 nitrogen and oxygen atoms in total. The highest BCUT2D eigenvalue weighted by Crippen LogP contribution is 2.19. The van der Waals surface area contributed by atoms with Gasteiger partial charge in [-0.2, -0.15) is 4.68 Å². The first-order chi connectivity index (χ1) is 11.2. The van der Waals surface area contributed by atoms with E-state index in [0.717, 1.165) is 32.0 Å². The molecular formula is C15H21N5O2S. The maximum Gasteiger partial charge on any atom is 0.214 e. The molecule has 1 saturated heterocycles. The molecule has 1 aliphatic rings. The average molecular weight is 335 g/mol. The van der Waals surface area contributed by atoms with E-state index in [1.165, 1.54) is 17.3 Å². The summed E-state index contributed by atoms with van der Waals surface area (Å²) in [6, 6.07) is 8.03. The van der Waals surface area contributed by atoms with Crippen LogP contribution in [0.1, 0.15) is 5.56 Å². The Labute approximate surface area is 139 Å². The largest absolute Gasteiger partial charge is 0.391 e. The summed E-state index contributed by atoms with van der Waals surface area (Å²) in [6.45, 7) is 5.94. The van der Waals surface area contributed by atoms with Crippen molar-refractivity contribution in [1.29, 1.82) is 0 Å². The van der Waals surface area contributed by atoms with Crippen molar-refractivity contribution in [2.45, 2.75) is 18.2 Å². The lowest BCUT2D eigenvalue weighted by molar-refractivity contribution is 0.0188. The third-order valence-corrected chi connectivity index (χ3v) is 4.76. The Morgan fingerprint density at radius 1 is 1.26 bits per heavy atom. The number of aryl methyl sites for hydroxylation is 1. The standard InChI is InChI=1S/C15H21N5O2S/c1-12-2-4-13(5-3-12)20-15(16-17-18-20)23-11-14(21)10-19-6-8-22-9-7-19/h2-5,14,21H,6-11H2,1H3/t14-/m1/s1. The Hall–Kier alpha value is -1.48. The van der Waals surface area contributed by atoms with Crippen LogP contribution in [0.2, 0.25) is 0 Å². The van der Waals surface area contributed by atoms with Gasteiger partial charge in [0.05, 0.1) is 25.0 Å². The Balaban J connectivity index is 1.56. The average Bonchev–Trinajstić information content (AvgIpc) is 3.03. The van der Waals surface area contributed by atoms with Gasteiger partial charge in [0, 0.05) is 25.4 Å². The van der Waals surface area contributed by atoms with Crippen molar-refractivity contribution < 1.29 is 9.84 Å². The number of morpholine rings is 1. The molecule has 0 radical (unpaired) electrons. The minimum absolute atomic E-state index is 0.415. The Kier molecular flexibility index (Phi) is 5.60. The van der Waals surface area contributed by atoms with E-state index in [1.807, 2.05) is 31.2 Å². The molecule has 0 aliphatic carbocycles. The number of aromatic nitrogens is 4. The summed E-state index contributed by atoms with van der Waals surface area (Å²) in [7, 11) is 0. The van der Waals surface area contributed by atoms with Gasteiger partial charge in [-0.1, -0.05) is 29.5 Å². The third-order valence-electron chi connectivity index (χ3n) is 3.70. The fraction of sp³-hybridized carbons (Fsp3) is 0.533. The predicted molar refractivity (Wildman–Crippen MR) is 87.9 cm³/mol. The highest BCUT2D eigenvalue weighted by Gasteiger charge is 2.17. The molecule has 0 saturated carbocycles. The molecule has 2 aromatic rings. The van der Waals surface area contributed by atoms with Gasteiger partial charge in [0.25, 0.3) is 0 Å². The van der Waals surface area contributed by atoms with Crippen molar-refractivity contribution in [1.82, 2.24) is 25.1 Å². The van der Waals surface area contributed by atoms with E-state index in [4.69, 9.17) is 4.74 Å². The van der Waals surface area contributed by atoms with Crippen molar-refractivity contribution in [2.75, 3.05) is 38.6 Å². The lowest BCUT2D eigenvalue weighted by Crippen LogP contribution is -2.41. The first kappa shape index (κ1) is 16.4. The Bertz CT molecular complexity index is 613. The quantitative estimate of drug-likeness (QED) is 0.781. The van der Waals surface area contributed by atoms with Gasteiger partial charge in [-0.3, -0.25) is 4.90 Å². The van der Waals surface area contributed by atoms with Crippen LogP contribution in [-0.4, -0.2) is 74.9 Å². The lowest BCUT2D eigenvalue weighted by atomic mass is 10.2. The van der Waals surface area contributed by atoms with Crippen LogP contribution < -0.4 is 0 Å². The number of hydrogen-bond donors (Lipinski definition) is 1. The summed E-state index contributed by atoms with van der Waals surface area (Å²) < 4.78 is 7.01. The lowest BCUT2D eigenvalue weighted by Gasteiger charge is -2.28. The zero-order valence-corrected chi connectivity index (χ0v) is 13.9. The highest BCUT2D eigenvalue weighted by atomic mass is 32.2. The Morgan fingerprint density at radius 2 is 2.00 bits per heavy atom. The van der Waals surface area contributed by atoms with E-state index < -0.39 is 6.10 Å². The Morgan fingerprint density at radius 3 is 2.74 bits per heavy atom. The molecule has 1 N–H and O–H groups in total. The van der Waals surface area contributed by atoms with Gasteiger partial charge >= 0.3 is 0 Å². The summed E-state index contributed by atoms with van der Waals surface area (Å²) in [5, 5.41) is 22.7. The van der Waals surface area contributed by atoms with E-state index in [-0.39, 0.29) is 0 Å². The maximum absolute atomic E-state index is 10.2. The van der Waals surface area contributed by atoms with Crippen molar-refractivity contribution in [3.63, 3.8) is 0 Å². The second-order valence-electron chi connectivity index (χ2n) is 5.59. The minimum atomic E-state index is -0.415. The van der Waals surface area contributed by atoms with Gasteiger partial charge < -0.3 is 9.84 Å². The van der Waals surface area contributed by atoms with Gasteiger partial charge in [0.1, 0.15) is 0 Å². The maximum atomic E-state index is 10.2. The van der Waals surface area contributed by atoms with Crippen molar-refractivity contribution >= 4 is 11.8 Å². The number of ether oxygens (including phenoxy) is 1. The van der Waals surface area contributed by atoms with Gasteiger partial charge in [0.2, 0.25) is 5.16 Å². The third kappa shape index (κ3) is 4.51. The number of thioether (sulfide) groups is 1. The van der Waals surface area contributed by atoms with Crippen LogP contribution in [0, 0.1) is 6.92 Å². The molecule has 1 aromatic heterocycles. The van der Waals surface area contributed by atoms with Crippen LogP contribution in [-0.2, 0) is 4.74 Å². The van der Waals surface area contributed by atoms with E-state index in [2.05, 4.69) is 20.4 Å². The first-order valence-electron chi connectivity index (χ1n) is 7.69. The van der Waals surface area contributed by atoms with E-state index in [1.54, 1.807) is 4.68 Å². The zero-order valence-electron chi connectivity index (χ0n) is 13.1. The highest BCUT2D eigenvalue weighted by molar-refractivity contribution is 7.99. The van der Waals surface area contributed by atoms with Crippen LogP contribution in [0.25, 0.3) is 5.69 Å². The molecule has 0 spiro atoms. The molecular weight excluding hydrogens is 314 g/mol.